The van der Waals surface area contributed by atoms with Gasteiger partial charge >= 0.3 is 0 Å². The van der Waals surface area contributed by atoms with Crippen LogP contribution in [-0.4, -0.2) is 14.7 Å². The van der Waals surface area contributed by atoms with Crippen molar-refractivity contribution in [3.8, 4) is 0 Å². The summed E-state index contributed by atoms with van der Waals surface area (Å²) in [5.41, 5.74) is -0.359. The number of hydrogen-bond acceptors (Lipinski definition) is 2. The minimum absolute atomic E-state index is 0.0754. The molecule has 2 aromatic rings. The first-order valence-corrected chi connectivity index (χ1v) is 5.67. The Hall–Kier alpha value is -1.17. The molecule has 0 aliphatic carbocycles. The highest BCUT2D eigenvalue weighted by atomic mass is 35.5. The summed E-state index contributed by atoms with van der Waals surface area (Å²) in [6.07, 6.45) is -0.198. The SMILES string of the molecule is Cn1c(Cl)cnc1C(O)c1c(Cl)ccc(F)c1F. The number of imidazole rings is 1. The quantitative estimate of drug-likeness (QED) is 0.864. The zero-order chi connectivity index (χ0) is 13.4. The highest BCUT2D eigenvalue weighted by Crippen LogP contribution is 2.31. The Morgan fingerprint density at radius 2 is 2.00 bits per heavy atom. The molecule has 0 bridgehead atoms. The number of aliphatic hydroxyl groups excluding tert-OH is 1. The van der Waals surface area contributed by atoms with Crippen LogP contribution in [0, 0.1) is 11.6 Å². The van der Waals surface area contributed by atoms with E-state index in [0.717, 1.165) is 6.07 Å². The van der Waals surface area contributed by atoms with Crippen molar-refractivity contribution >= 4 is 23.2 Å². The monoisotopic (exact) mass is 292 g/mol. The summed E-state index contributed by atoms with van der Waals surface area (Å²) in [6.45, 7) is 0. The summed E-state index contributed by atoms with van der Waals surface area (Å²) >= 11 is 11.5. The third-order valence-corrected chi connectivity index (χ3v) is 3.25. The zero-order valence-electron chi connectivity index (χ0n) is 9.16. The molecule has 0 fully saturated rings. The maximum atomic E-state index is 13.6. The van der Waals surface area contributed by atoms with Crippen molar-refractivity contribution in [3.63, 3.8) is 0 Å². The van der Waals surface area contributed by atoms with Gasteiger partial charge in [0.25, 0.3) is 0 Å². The molecule has 0 aliphatic heterocycles. The second-order valence-corrected chi connectivity index (χ2v) is 4.45. The van der Waals surface area contributed by atoms with Gasteiger partial charge < -0.3 is 9.67 Å². The van der Waals surface area contributed by atoms with Gasteiger partial charge in [-0.2, -0.15) is 0 Å². The van der Waals surface area contributed by atoms with Crippen molar-refractivity contribution in [2.24, 2.45) is 7.05 Å². The average Bonchev–Trinajstić information content (AvgIpc) is 2.65. The largest absolute Gasteiger partial charge is 0.380 e. The van der Waals surface area contributed by atoms with E-state index in [1.165, 1.54) is 16.8 Å². The topological polar surface area (TPSA) is 38.0 Å². The van der Waals surface area contributed by atoms with Gasteiger partial charge in [-0.15, -0.1) is 0 Å². The highest BCUT2D eigenvalue weighted by Gasteiger charge is 2.25. The minimum Gasteiger partial charge on any atom is -0.380 e. The van der Waals surface area contributed by atoms with Crippen LogP contribution in [0.15, 0.2) is 18.3 Å². The Morgan fingerprint density at radius 1 is 1.33 bits per heavy atom. The van der Waals surface area contributed by atoms with Crippen molar-refractivity contribution in [1.29, 1.82) is 0 Å². The van der Waals surface area contributed by atoms with Gasteiger partial charge in [-0.05, 0) is 12.1 Å². The molecule has 1 aromatic heterocycles. The van der Waals surface area contributed by atoms with Crippen LogP contribution in [0.4, 0.5) is 8.78 Å². The summed E-state index contributed by atoms with van der Waals surface area (Å²) < 4.78 is 28.1. The van der Waals surface area contributed by atoms with E-state index in [2.05, 4.69) is 4.98 Å². The molecule has 3 nitrogen and oxygen atoms in total. The molecule has 1 heterocycles. The lowest BCUT2D eigenvalue weighted by Gasteiger charge is -2.14. The molecule has 18 heavy (non-hydrogen) atoms. The van der Waals surface area contributed by atoms with Gasteiger partial charge in [0.05, 0.1) is 6.20 Å². The van der Waals surface area contributed by atoms with E-state index in [1.54, 1.807) is 7.05 Å². The van der Waals surface area contributed by atoms with Crippen LogP contribution in [0.25, 0.3) is 0 Å². The number of aromatic nitrogens is 2. The molecule has 0 saturated carbocycles. The third kappa shape index (κ3) is 2.09. The molecule has 1 unspecified atom stereocenters. The predicted molar refractivity (Wildman–Crippen MR) is 63.6 cm³/mol. The highest BCUT2D eigenvalue weighted by molar-refractivity contribution is 6.31. The summed E-state index contributed by atoms with van der Waals surface area (Å²) in [5, 5.41) is 10.2. The fraction of sp³-hybridized carbons (Fsp3) is 0.182. The second-order valence-electron chi connectivity index (χ2n) is 3.66. The van der Waals surface area contributed by atoms with Crippen molar-refractivity contribution in [3.05, 3.63) is 51.5 Å². The molecule has 0 spiro atoms. The van der Waals surface area contributed by atoms with E-state index in [0.29, 0.717) is 0 Å². The predicted octanol–water partition coefficient (Wildman–Crippen LogP) is 3.09. The fourth-order valence-corrected chi connectivity index (χ4v) is 1.96. The Labute approximate surface area is 112 Å². The molecule has 1 N–H and O–H groups in total. The Balaban J connectivity index is 2.56. The van der Waals surface area contributed by atoms with Gasteiger partial charge in [0.2, 0.25) is 0 Å². The van der Waals surface area contributed by atoms with E-state index in [-0.39, 0.29) is 21.6 Å². The summed E-state index contributed by atoms with van der Waals surface area (Å²) in [4.78, 5) is 3.84. The normalized spacial score (nSPS) is 12.8. The Kier molecular flexibility index (Phi) is 3.56. The smallest absolute Gasteiger partial charge is 0.166 e. The molecule has 0 amide bonds. The van der Waals surface area contributed by atoms with Crippen LogP contribution in [0.3, 0.4) is 0 Å². The lowest BCUT2D eigenvalue weighted by Crippen LogP contribution is -2.10. The number of aliphatic hydroxyl groups is 1. The van der Waals surface area contributed by atoms with Crippen LogP contribution in [0.2, 0.25) is 10.2 Å². The molecule has 2 rings (SSSR count). The fourth-order valence-electron chi connectivity index (χ4n) is 1.58. The van der Waals surface area contributed by atoms with Gasteiger partial charge in [0.1, 0.15) is 17.1 Å². The molecule has 1 aromatic carbocycles. The molecule has 96 valence electrons. The van der Waals surface area contributed by atoms with E-state index in [1.807, 2.05) is 0 Å². The molecule has 0 saturated heterocycles. The number of halogens is 4. The molecule has 0 radical (unpaired) electrons. The Bertz CT molecular complexity index is 601. The summed E-state index contributed by atoms with van der Waals surface area (Å²) in [7, 11) is 1.54. The van der Waals surface area contributed by atoms with E-state index < -0.39 is 17.7 Å². The number of nitrogens with zero attached hydrogens (tertiary/aromatic N) is 2. The van der Waals surface area contributed by atoms with Gasteiger partial charge in [0.15, 0.2) is 11.6 Å². The first-order chi connectivity index (χ1) is 8.43. The second kappa shape index (κ2) is 4.84. The van der Waals surface area contributed by atoms with Gasteiger partial charge in [-0.1, -0.05) is 23.2 Å². The Morgan fingerprint density at radius 3 is 2.56 bits per heavy atom. The minimum atomic E-state index is -1.49. The zero-order valence-corrected chi connectivity index (χ0v) is 10.7. The van der Waals surface area contributed by atoms with E-state index >= 15 is 0 Å². The van der Waals surface area contributed by atoms with Crippen LogP contribution in [0.1, 0.15) is 17.5 Å². The molecule has 7 heteroatoms. The van der Waals surface area contributed by atoms with Crippen molar-refractivity contribution < 1.29 is 13.9 Å². The van der Waals surface area contributed by atoms with Gasteiger partial charge in [0, 0.05) is 17.6 Å². The standard InChI is InChI=1S/C11H8Cl2F2N2O/c1-17-7(13)4-16-11(17)10(18)8-5(12)2-3-6(14)9(8)15/h2-4,10,18H,1H3. The molecule has 0 aliphatic rings. The van der Waals surface area contributed by atoms with Crippen LogP contribution in [-0.2, 0) is 7.05 Å². The third-order valence-electron chi connectivity index (χ3n) is 2.56. The molecular weight excluding hydrogens is 285 g/mol. The van der Waals surface area contributed by atoms with Crippen molar-refractivity contribution in [2.75, 3.05) is 0 Å². The average molecular weight is 293 g/mol. The number of hydrogen-bond donors (Lipinski definition) is 1. The molecule has 1 atom stereocenters. The van der Waals surface area contributed by atoms with Crippen molar-refractivity contribution in [2.45, 2.75) is 6.10 Å². The number of benzene rings is 1. The van der Waals surface area contributed by atoms with E-state index in [4.69, 9.17) is 23.2 Å². The summed E-state index contributed by atoms with van der Waals surface area (Å²) in [5.74, 6) is -2.21. The van der Waals surface area contributed by atoms with Crippen LogP contribution in [0.5, 0.6) is 0 Å². The van der Waals surface area contributed by atoms with Crippen LogP contribution >= 0.6 is 23.2 Å². The maximum absolute atomic E-state index is 13.6. The van der Waals surface area contributed by atoms with E-state index in [9.17, 15) is 13.9 Å². The first-order valence-electron chi connectivity index (χ1n) is 4.92. The van der Waals surface area contributed by atoms with Crippen molar-refractivity contribution in [1.82, 2.24) is 9.55 Å². The van der Waals surface area contributed by atoms with Gasteiger partial charge in [-0.3, -0.25) is 0 Å². The first kappa shape index (κ1) is 13.3. The lowest BCUT2D eigenvalue weighted by atomic mass is 10.1. The molecular formula is C11H8Cl2F2N2O. The lowest BCUT2D eigenvalue weighted by molar-refractivity contribution is 0.200. The summed E-state index contributed by atoms with van der Waals surface area (Å²) in [6, 6.07) is 2.06. The van der Waals surface area contributed by atoms with Crippen LogP contribution < -0.4 is 0 Å². The maximum Gasteiger partial charge on any atom is 0.166 e. The number of rotatable bonds is 2. The van der Waals surface area contributed by atoms with Gasteiger partial charge in [-0.25, -0.2) is 13.8 Å².